The Morgan fingerprint density at radius 1 is 1.00 bits per heavy atom. The lowest BCUT2D eigenvalue weighted by Crippen LogP contribution is -2.40. The van der Waals surface area contributed by atoms with Gasteiger partial charge in [0.05, 0.1) is 6.20 Å². The van der Waals surface area contributed by atoms with Crippen LogP contribution in [-0.4, -0.2) is 57.9 Å². The average molecular weight is 322 g/mol. The molecule has 1 aliphatic heterocycles. The summed E-state index contributed by atoms with van der Waals surface area (Å²) >= 11 is 0. The van der Waals surface area contributed by atoms with E-state index in [0.717, 1.165) is 45.4 Å². The van der Waals surface area contributed by atoms with Crippen LogP contribution in [-0.2, 0) is 12.8 Å². The molecule has 1 aromatic carbocycles. The lowest BCUT2D eigenvalue weighted by atomic mass is 10.1. The van der Waals surface area contributed by atoms with Crippen LogP contribution in [0.5, 0.6) is 0 Å². The Balaban J connectivity index is 1.40. The Morgan fingerprint density at radius 2 is 1.79 bits per heavy atom. The smallest absolute Gasteiger partial charge is 0.274 e. The zero-order valence-electron chi connectivity index (χ0n) is 13.8. The van der Waals surface area contributed by atoms with Gasteiger partial charge in [-0.2, -0.15) is 0 Å². The first kappa shape index (κ1) is 15.3. The second-order valence-electron chi connectivity index (χ2n) is 6.60. The predicted molar refractivity (Wildman–Crippen MR) is 91.8 cm³/mol. The maximum atomic E-state index is 12.6. The lowest BCUT2D eigenvalue weighted by Gasteiger charge is -2.27. The van der Waals surface area contributed by atoms with Crippen LogP contribution in [0.15, 0.2) is 42.9 Å². The van der Waals surface area contributed by atoms with Gasteiger partial charge in [-0.25, -0.2) is 4.98 Å². The molecule has 0 bridgehead atoms. The molecule has 2 aromatic rings. The number of hydrogen-bond donors (Lipinski definition) is 0. The van der Waals surface area contributed by atoms with Gasteiger partial charge in [0.2, 0.25) is 0 Å². The van der Waals surface area contributed by atoms with Crippen LogP contribution in [0.25, 0.3) is 0 Å². The molecular formula is C19H22N4O. The lowest BCUT2D eigenvalue weighted by molar-refractivity contribution is 0.0752. The number of carbonyl (C=O) groups excluding carboxylic acids is 1. The molecule has 124 valence electrons. The van der Waals surface area contributed by atoms with Gasteiger partial charge in [0.1, 0.15) is 5.69 Å². The molecule has 2 heterocycles. The number of benzene rings is 1. The molecule has 0 N–H and O–H groups in total. The van der Waals surface area contributed by atoms with Gasteiger partial charge >= 0.3 is 0 Å². The van der Waals surface area contributed by atoms with E-state index in [9.17, 15) is 4.79 Å². The Labute approximate surface area is 142 Å². The molecule has 0 spiro atoms. The topological polar surface area (TPSA) is 49.3 Å². The SMILES string of the molecule is O=C(c1cnccn1)N1CCCN(C2Cc3ccccc3C2)CC1. The fourth-order valence-corrected chi connectivity index (χ4v) is 3.87. The van der Waals surface area contributed by atoms with Crippen LogP contribution in [0, 0.1) is 0 Å². The van der Waals surface area contributed by atoms with Crippen LogP contribution in [0.4, 0.5) is 0 Å². The fraction of sp³-hybridized carbons (Fsp3) is 0.421. The summed E-state index contributed by atoms with van der Waals surface area (Å²) in [7, 11) is 0. The first-order chi connectivity index (χ1) is 11.8. The third-order valence-electron chi connectivity index (χ3n) is 5.15. The molecular weight excluding hydrogens is 300 g/mol. The van der Waals surface area contributed by atoms with Crippen molar-refractivity contribution in [2.45, 2.75) is 25.3 Å². The van der Waals surface area contributed by atoms with Crippen LogP contribution in [0.3, 0.4) is 0 Å². The van der Waals surface area contributed by atoms with E-state index in [1.807, 2.05) is 4.90 Å². The molecule has 1 amide bonds. The normalized spacial score (nSPS) is 19.1. The fourth-order valence-electron chi connectivity index (χ4n) is 3.87. The highest BCUT2D eigenvalue weighted by molar-refractivity contribution is 5.91. The number of carbonyl (C=O) groups is 1. The number of fused-ring (bicyclic) bond motifs is 1. The van der Waals surface area contributed by atoms with Crippen LogP contribution in [0.1, 0.15) is 28.0 Å². The minimum atomic E-state index is -0.000317. The van der Waals surface area contributed by atoms with Crippen molar-refractivity contribution >= 4 is 5.91 Å². The standard InChI is InChI=1S/C19H22N4O/c24-19(18-14-20-6-7-21-18)23-9-3-8-22(10-11-23)17-12-15-4-1-2-5-16(15)13-17/h1-2,4-7,14,17H,3,8-13H2. The number of rotatable bonds is 2. The molecule has 0 saturated carbocycles. The summed E-state index contributed by atoms with van der Waals surface area (Å²) in [6, 6.07) is 9.33. The average Bonchev–Trinajstić information content (AvgIpc) is 2.91. The van der Waals surface area contributed by atoms with Gasteiger partial charge in [-0.05, 0) is 30.4 Å². The van der Waals surface area contributed by atoms with Crippen molar-refractivity contribution in [2.75, 3.05) is 26.2 Å². The summed E-state index contributed by atoms with van der Waals surface area (Å²) in [5.41, 5.74) is 3.41. The summed E-state index contributed by atoms with van der Waals surface area (Å²) in [6.45, 7) is 3.56. The summed E-state index contributed by atoms with van der Waals surface area (Å²) in [5, 5.41) is 0. The van der Waals surface area contributed by atoms with E-state index in [-0.39, 0.29) is 5.91 Å². The molecule has 24 heavy (non-hydrogen) atoms. The van der Waals surface area contributed by atoms with Crippen molar-refractivity contribution in [3.8, 4) is 0 Å². The Hall–Kier alpha value is -2.27. The van der Waals surface area contributed by atoms with Crippen molar-refractivity contribution in [1.82, 2.24) is 19.8 Å². The first-order valence-corrected chi connectivity index (χ1v) is 8.67. The molecule has 0 atom stereocenters. The predicted octanol–water partition coefficient (Wildman–Crippen LogP) is 1.79. The second kappa shape index (κ2) is 6.69. The number of nitrogens with zero attached hydrogens (tertiary/aromatic N) is 4. The largest absolute Gasteiger partial charge is 0.336 e. The van der Waals surface area contributed by atoms with Gasteiger partial charge in [-0.1, -0.05) is 24.3 Å². The summed E-state index contributed by atoms with van der Waals surface area (Å²) < 4.78 is 0. The molecule has 0 radical (unpaired) electrons. The first-order valence-electron chi connectivity index (χ1n) is 8.67. The summed E-state index contributed by atoms with van der Waals surface area (Å²) in [6.07, 6.45) is 8.01. The molecule has 0 unspecified atom stereocenters. The molecule has 5 nitrogen and oxygen atoms in total. The zero-order chi connectivity index (χ0) is 16.4. The molecule has 1 saturated heterocycles. The van der Waals surface area contributed by atoms with Gasteiger partial charge in [0.15, 0.2) is 0 Å². The number of hydrogen-bond acceptors (Lipinski definition) is 4. The highest BCUT2D eigenvalue weighted by Gasteiger charge is 2.29. The van der Waals surface area contributed by atoms with Gasteiger partial charge in [-0.15, -0.1) is 0 Å². The highest BCUT2D eigenvalue weighted by Crippen LogP contribution is 2.26. The van der Waals surface area contributed by atoms with Crippen LogP contribution >= 0.6 is 0 Å². The molecule has 1 fully saturated rings. The summed E-state index contributed by atoms with van der Waals surface area (Å²) in [5.74, 6) is -0.000317. The van der Waals surface area contributed by atoms with Gasteiger partial charge in [0, 0.05) is 44.6 Å². The van der Waals surface area contributed by atoms with Crippen molar-refractivity contribution < 1.29 is 4.79 Å². The van der Waals surface area contributed by atoms with E-state index in [0.29, 0.717) is 11.7 Å². The minimum Gasteiger partial charge on any atom is -0.336 e. The van der Waals surface area contributed by atoms with E-state index < -0.39 is 0 Å². The van der Waals surface area contributed by atoms with E-state index in [1.54, 1.807) is 18.6 Å². The van der Waals surface area contributed by atoms with Gasteiger partial charge in [-0.3, -0.25) is 14.7 Å². The van der Waals surface area contributed by atoms with E-state index >= 15 is 0 Å². The molecule has 1 aromatic heterocycles. The second-order valence-corrected chi connectivity index (χ2v) is 6.60. The molecule has 5 heteroatoms. The highest BCUT2D eigenvalue weighted by atomic mass is 16.2. The van der Waals surface area contributed by atoms with Crippen LogP contribution < -0.4 is 0 Å². The molecule has 2 aliphatic rings. The third kappa shape index (κ3) is 3.04. The number of aromatic nitrogens is 2. The zero-order valence-corrected chi connectivity index (χ0v) is 13.8. The Morgan fingerprint density at radius 3 is 2.50 bits per heavy atom. The quantitative estimate of drug-likeness (QED) is 0.846. The maximum Gasteiger partial charge on any atom is 0.274 e. The van der Waals surface area contributed by atoms with E-state index in [4.69, 9.17) is 0 Å². The van der Waals surface area contributed by atoms with E-state index in [2.05, 4.69) is 39.1 Å². The van der Waals surface area contributed by atoms with Gasteiger partial charge in [0.25, 0.3) is 5.91 Å². The van der Waals surface area contributed by atoms with Crippen molar-refractivity contribution in [2.24, 2.45) is 0 Å². The van der Waals surface area contributed by atoms with Crippen molar-refractivity contribution in [3.63, 3.8) is 0 Å². The third-order valence-corrected chi connectivity index (χ3v) is 5.15. The van der Waals surface area contributed by atoms with Crippen molar-refractivity contribution in [1.29, 1.82) is 0 Å². The minimum absolute atomic E-state index is 0.000317. The van der Waals surface area contributed by atoms with Gasteiger partial charge < -0.3 is 4.90 Å². The molecule has 4 rings (SSSR count). The monoisotopic (exact) mass is 322 g/mol. The summed E-state index contributed by atoms with van der Waals surface area (Å²) in [4.78, 5) is 25.2. The van der Waals surface area contributed by atoms with Crippen molar-refractivity contribution in [3.05, 3.63) is 59.7 Å². The van der Waals surface area contributed by atoms with E-state index in [1.165, 1.54) is 11.1 Å². The maximum absolute atomic E-state index is 12.6. The number of amides is 1. The van der Waals surface area contributed by atoms with Crippen LogP contribution in [0.2, 0.25) is 0 Å². The Kier molecular flexibility index (Phi) is 4.26. The molecule has 1 aliphatic carbocycles. The Bertz CT molecular complexity index is 693.